The summed E-state index contributed by atoms with van der Waals surface area (Å²) in [7, 11) is 0. The van der Waals surface area contributed by atoms with E-state index >= 15 is 0 Å². The van der Waals surface area contributed by atoms with E-state index < -0.39 is 4.92 Å². The lowest BCUT2D eigenvalue weighted by Crippen LogP contribution is -2.16. The Labute approximate surface area is 174 Å². The van der Waals surface area contributed by atoms with E-state index in [4.69, 9.17) is 0 Å². The number of anilines is 1. The number of fused-ring (bicyclic) bond motifs is 1. The Hall–Kier alpha value is -3.99. The number of hydrogen-bond donors (Lipinski definition) is 1. The van der Waals surface area contributed by atoms with Crippen molar-refractivity contribution >= 4 is 27.9 Å². The first kappa shape index (κ1) is 19.3. The van der Waals surface area contributed by atoms with E-state index in [0.29, 0.717) is 11.3 Å². The molecule has 0 saturated carbocycles. The van der Waals surface area contributed by atoms with Crippen molar-refractivity contribution in [3.8, 4) is 0 Å². The molecule has 0 aliphatic carbocycles. The molecule has 1 N–H and O–H groups in total. The SMILES string of the molecule is O=C(CC(Nc1cccc([N+](=O)[O-])c1)c1ccccc1)c1ccc2ccccc2c1. The van der Waals surface area contributed by atoms with Gasteiger partial charge >= 0.3 is 0 Å². The molecule has 0 bridgehead atoms. The van der Waals surface area contributed by atoms with Crippen molar-refractivity contribution < 1.29 is 9.72 Å². The van der Waals surface area contributed by atoms with Crippen LogP contribution >= 0.6 is 0 Å². The fourth-order valence-electron chi connectivity index (χ4n) is 3.51. The Kier molecular flexibility index (Phi) is 5.52. The lowest BCUT2D eigenvalue weighted by atomic mass is 9.96. The number of carbonyl (C=O) groups excluding carboxylic acids is 1. The minimum Gasteiger partial charge on any atom is -0.378 e. The third-order valence-corrected chi connectivity index (χ3v) is 5.06. The molecule has 0 heterocycles. The molecule has 1 unspecified atom stereocenters. The van der Waals surface area contributed by atoms with Crippen molar-refractivity contribution in [2.45, 2.75) is 12.5 Å². The summed E-state index contributed by atoms with van der Waals surface area (Å²) < 4.78 is 0. The third-order valence-electron chi connectivity index (χ3n) is 5.06. The molecule has 0 spiro atoms. The number of non-ortho nitro benzene ring substituents is 1. The van der Waals surface area contributed by atoms with Crippen LogP contribution in [0, 0.1) is 10.1 Å². The van der Waals surface area contributed by atoms with Crippen LogP contribution in [-0.2, 0) is 0 Å². The van der Waals surface area contributed by atoms with Crippen LogP contribution in [-0.4, -0.2) is 10.7 Å². The third kappa shape index (κ3) is 4.36. The average Bonchev–Trinajstić information content (AvgIpc) is 2.79. The summed E-state index contributed by atoms with van der Waals surface area (Å²) in [6.07, 6.45) is 0.227. The zero-order valence-corrected chi connectivity index (χ0v) is 16.2. The normalized spacial score (nSPS) is 11.7. The molecule has 0 saturated heterocycles. The predicted molar refractivity (Wildman–Crippen MR) is 119 cm³/mol. The van der Waals surface area contributed by atoms with Crippen LogP contribution < -0.4 is 5.32 Å². The van der Waals surface area contributed by atoms with Gasteiger partial charge in [-0.1, -0.05) is 72.8 Å². The fraction of sp³-hybridized carbons (Fsp3) is 0.0800. The van der Waals surface area contributed by atoms with Gasteiger partial charge in [-0.15, -0.1) is 0 Å². The van der Waals surface area contributed by atoms with Gasteiger partial charge in [-0.05, 0) is 28.5 Å². The summed E-state index contributed by atoms with van der Waals surface area (Å²) >= 11 is 0. The molecule has 148 valence electrons. The Morgan fingerprint density at radius 1 is 0.833 bits per heavy atom. The van der Waals surface area contributed by atoms with E-state index in [1.807, 2.05) is 72.8 Å². The molecule has 0 radical (unpaired) electrons. The van der Waals surface area contributed by atoms with Crippen molar-refractivity contribution in [3.63, 3.8) is 0 Å². The highest BCUT2D eigenvalue weighted by atomic mass is 16.6. The van der Waals surface area contributed by atoms with E-state index in [2.05, 4.69) is 5.32 Å². The van der Waals surface area contributed by atoms with E-state index in [0.717, 1.165) is 16.3 Å². The van der Waals surface area contributed by atoms with Gasteiger partial charge in [-0.3, -0.25) is 14.9 Å². The van der Waals surface area contributed by atoms with Gasteiger partial charge in [-0.25, -0.2) is 0 Å². The maximum Gasteiger partial charge on any atom is 0.271 e. The number of benzene rings is 4. The van der Waals surface area contributed by atoms with Crippen LogP contribution in [0.2, 0.25) is 0 Å². The number of hydrogen-bond acceptors (Lipinski definition) is 4. The van der Waals surface area contributed by atoms with Crippen LogP contribution in [0.3, 0.4) is 0 Å². The number of nitrogens with zero attached hydrogens (tertiary/aromatic N) is 1. The minimum atomic E-state index is -0.428. The van der Waals surface area contributed by atoms with E-state index in [1.165, 1.54) is 12.1 Å². The highest BCUT2D eigenvalue weighted by Gasteiger charge is 2.18. The molecule has 0 aromatic heterocycles. The maximum absolute atomic E-state index is 13.1. The molecular weight excluding hydrogens is 376 g/mol. The lowest BCUT2D eigenvalue weighted by molar-refractivity contribution is -0.384. The number of ketones is 1. The molecule has 0 aliphatic rings. The molecule has 1 atom stereocenters. The topological polar surface area (TPSA) is 72.2 Å². The van der Waals surface area contributed by atoms with E-state index in [-0.39, 0.29) is 23.9 Å². The van der Waals surface area contributed by atoms with Gasteiger partial charge in [0.15, 0.2) is 5.78 Å². The van der Waals surface area contributed by atoms with E-state index in [1.54, 1.807) is 12.1 Å². The summed E-state index contributed by atoms with van der Waals surface area (Å²) in [5.41, 5.74) is 2.20. The second-order valence-electron chi connectivity index (χ2n) is 7.10. The zero-order chi connectivity index (χ0) is 20.9. The van der Waals surface area contributed by atoms with Crippen molar-refractivity contribution in [1.82, 2.24) is 0 Å². The maximum atomic E-state index is 13.1. The van der Waals surface area contributed by atoms with Crippen LogP contribution in [0.4, 0.5) is 11.4 Å². The van der Waals surface area contributed by atoms with Crippen LogP contribution in [0.1, 0.15) is 28.4 Å². The van der Waals surface area contributed by atoms with Crippen molar-refractivity contribution in [2.75, 3.05) is 5.32 Å². The Morgan fingerprint density at radius 2 is 1.57 bits per heavy atom. The molecule has 4 rings (SSSR count). The largest absolute Gasteiger partial charge is 0.378 e. The van der Waals surface area contributed by atoms with Gasteiger partial charge in [0.25, 0.3) is 5.69 Å². The predicted octanol–water partition coefficient (Wildman–Crippen LogP) is 6.17. The number of nitrogens with one attached hydrogen (secondary N) is 1. The second kappa shape index (κ2) is 8.57. The van der Waals surface area contributed by atoms with Gasteiger partial charge in [0.1, 0.15) is 0 Å². The molecule has 4 aromatic carbocycles. The molecule has 4 aromatic rings. The van der Waals surface area contributed by atoms with Crippen LogP contribution in [0.25, 0.3) is 10.8 Å². The Bertz CT molecular complexity index is 1210. The summed E-state index contributed by atoms with van der Waals surface area (Å²) in [5, 5.41) is 16.5. The number of nitro groups is 1. The van der Waals surface area contributed by atoms with Crippen LogP contribution in [0.15, 0.2) is 97.1 Å². The highest BCUT2D eigenvalue weighted by Crippen LogP contribution is 2.27. The first-order chi connectivity index (χ1) is 14.6. The highest BCUT2D eigenvalue weighted by molar-refractivity contribution is 6.00. The molecule has 0 amide bonds. The number of carbonyl (C=O) groups is 1. The van der Waals surface area contributed by atoms with Gasteiger partial charge in [0.2, 0.25) is 0 Å². The van der Waals surface area contributed by atoms with Gasteiger partial charge < -0.3 is 5.32 Å². The lowest BCUT2D eigenvalue weighted by Gasteiger charge is -2.20. The zero-order valence-electron chi connectivity index (χ0n) is 16.2. The first-order valence-corrected chi connectivity index (χ1v) is 9.68. The van der Waals surface area contributed by atoms with Gasteiger partial charge in [0, 0.05) is 29.8 Å². The fourth-order valence-corrected chi connectivity index (χ4v) is 3.51. The summed E-state index contributed by atoms with van der Waals surface area (Å²) in [4.78, 5) is 23.8. The van der Waals surface area contributed by atoms with Gasteiger partial charge in [0.05, 0.1) is 11.0 Å². The smallest absolute Gasteiger partial charge is 0.271 e. The second-order valence-corrected chi connectivity index (χ2v) is 7.10. The summed E-state index contributed by atoms with van der Waals surface area (Å²) in [6.45, 7) is 0. The van der Waals surface area contributed by atoms with E-state index in [9.17, 15) is 14.9 Å². The van der Waals surface area contributed by atoms with Crippen molar-refractivity contribution in [3.05, 3.63) is 118 Å². The standard InChI is InChI=1S/C25H20N2O3/c28-25(21-14-13-18-7-4-5-10-20(18)15-21)17-24(19-8-2-1-3-9-19)26-22-11-6-12-23(16-22)27(29)30/h1-16,24,26H,17H2. The minimum absolute atomic E-state index is 0.00698. The Morgan fingerprint density at radius 3 is 2.33 bits per heavy atom. The number of Topliss-reactive ketones (excluding diaryl/α,β-unsaturated/α-hetero) is 1. The number of nitro benzene ring substituents is 1. The monoisotopic (exact) mass is 396 g/mol. The quantitative estimate of drug-likeness (QED) is 0.230. The molecular formula is C25H20N2O3. The van der Waals surface area contributed by atoms with Crippen molar-refractivity contribution in [2.24, 2.45) is 0 Å². The van der Waals surface area contributed by atoms with Crippen molar-refractivity contribution in [1.29, 1.82) is 0 Å². The molecule has 5 nitrogen and oxygen atoms in total. The van der Waals surface area contributed by atoms with Crippen LogP contribution in [0.5, 0.6) is 0 Å². The summed E-state index contributed by atoms with van der Waals surface area (Å²) in [5.74, 6) is 0.00698. The number of rotatable bonds is 7. The van der Waals surface area contributed by atoms with Gasteiger partial charge in [-0.2, -0.15) is 0 Å². The summed E-state index contributed by atoms with van der Waals surface area (Å²) in [6, 6.07) is 29.3. The first-order valence-electron chi connectivity index (χ1n) is 9.68. The molecule has 5 heteroatoms. The Balaban J connectivity index is 1.62. The molecule has 0 aliphatic heterocycles. The average molecular weight is 396 g/mol. The molecule has 0 fully saturated rings. The molecule has 30 heavy (non-hydrogen) atoms.